The molecule has 4 rings (SSSR count). The lowest BCUT2D eigenvalue weighted by molar-refractivity contribution is -0.121. The summed E-state index contributed by atoms with van der Waals surface area (Å²) in [5.74, 6) is 1.57. The highest BCUT2D eigenvalue weighted by Gasteiger charge is 2.30. The predicted molar refractivity (Wildman–Crippen MR) is 123 cm³/mol. The fourth-order valence-electron chi connectivity index (χ4n) is 4.24. The van der Waals surface area contributed by atoms with Crippen LogP contribution in [0.4, 0.5) is 17.3 Å². The second kappa shape index (κ2) is 8.75. The number of aryl methyl sites for hydroxylation is 1. The Morgan fingerprint density at radius 1 is 1.16 bits per heavy atom. The molecule has 8 heteroatoms. The van der Waals surface area contributed by atoms with Crippen LogP contribution in [0.3, 0.4) is 0 Å². The molecule has 0 radical (unpaired) electrons. The first kappa shape index (κ1) is 20.8. The molecular formula is C23H29N7O. The number of anilines is 3. The number of amides is 1. The number of aromatic nitrogens is 4. The van der Waals surface area contributed by atoms with Crippen molar-refractivity contribution < 1.29 is 4.79 Å². The Morgan fingerprint density at radius 2 is 1.94 bits per heavy atom. The van der Waals surface area contributed by atoms with E-state index in [9.17, 15) is 4.79 Å². The Balaban J connectivity index is 1.52. The third-order valence-corrected chi connectivity index (χ3v) is 5.67. The van der Waals surface area contributed by atoms with E-state index >= 15 is 0 Å². The number of rotatable bonds is 6. The zero-order chi connectivity index (χ0) is 22.0. The van der Waals surface area contributed by atoms with Crippen molar-refractivity contribution in [3.63, 3.8) is 0 Å². The number of carbonyl (C=O) groups is 1. The Morgan fingerprint density at radius 3 is 2.65 bits per heavy atom. The Bertz CT molecular complexity index is 1060. The highest BCUT2D eigenvalue weighted by atomic mass is 16.2. The van der Waals surface area contributed by atoms with Crippen LogP contribution in [0.25, 0.3) is 11.4 Å². The number of nitrogens with zero attached hydrogens (tertiary/aromatic N) is 5. The highest BCUT2D eigenvalue weighted by Crippen LogP contribution is 2.28. The van der Waals surface area contributed by atoms with E-state index in [-0.39, 0.29) is 11.9 Å². The maximum atomic E-state index is 12.1. The van der Waals surface area contributed by atoms with Crippen molar-refractivity contribution in [3.05, 3.63) is 48.5 Å². The molecule has 1 aliphatic heterocycles. The quantitative estimate of drug-likeness (QED) is 0.634. The number of imidazole rings is 1. The SMILES string of the molecule is CNC(=O)[C@H]1CCCN1c1ccc(Nc2nccc(-c3cnc(C)n3C(C)C)n2)cc1. The molecule has 3 aromatic rings. The molecule has 1 aliphatic rings. The number of hydrogen-bond acceptors (Lipinski definition) is 6. The summed E-state index contributed by atoms with van der Waals surface area (Å²) in [5.41, 5.74) is 3.74. The maximum absolute atomic E-state index is 12.1. The summed E-state index contributed by atoms with van der Waals surface area (Å²) < 4.78 is 2.17. The minimum Gasteiger partial charge on any atom is -0.360 e. The second-order valence-corrected chi connectivity index (χ2v) is 8.06. The number of carbonyl (C=O) groups excluding carboxylic acids is 1. The summed E-state index contributed by atoms with van der Waals surface area (Å²) in [4.78, 5) is 27.8. The molecular weight excluding hydrogens is 390 g/mol. The standard InChI is InChI=1S/C23H29N7O/c1-15(2)30-16(3)26-14-21(30)19-11-12-25-23(28-19)27-17-7-9-18(10-8-17)29-13-5-6-20(29)22(31)24-4/h7-12,14-15,20H,5-6,13H2,1-4H3,(H,24,31)(H,25,27,28)/t20-/m1/s1. The van der Waals surface area contributed by atoms with Crippen molar-refractivity contribution in [2.75, 3.05) is 23.8 Å². The molecule has 0 unspecified atom stereocenters. The second-order valence-electron chi connectivity index (χ2n) is 8.06. The van der Waals surface area contributed by atoms with Gasteiger partial charge in [-0.15, -0.1) is 0 Å². The summed E-state index contributed by atoms with van der Waals surface area (Å²) in [6.45, 7) is 7.16. The summed E-state index contributed by atoms with van der Waals surface area (Å²) in [6, 6.07) is 10.1. The molecule has 0 bridgehead atoms. The molecule has 2 aromatic heterocycles. The molecule has 0 aliphatic carbocycles. The molecule has 0 spiro atoms. The monoisotopic (exact) mass is 419 g/mol. The van der Waals surface area contributed by atoms with Gasteiger partial charge in [0.05, 0.1) is 17.6 Å². The molecule has 0 saturated carbocycles. The first-order valence-corrected chi connectivity index (χ1v) is 10.7. The smallest absolute Gasteiger partial charge is 0.242 e. The summed E-state index contributed by atoms with van der Waals surface area (Å²) in [7, 11) is 1.69. The van der Waals surface area contributed by atoms with E-state index in [1.165, 1.54) is 0 Å². The highest BCUT2D eigenvalue weighted by molar-refractivity contribution is 5.85. The van der Waals surface area contributed by atoms with Gasteiger partial charge in [-0.2, -0.15) is 0 Å². The lowest BCUT2D eigenvalue weighted by Gasteiger charge is -2.25. The molecule has 3 heterocycles. The van der Waals surface area contributed by atoms with Gasteiger partial charge in [0.15, 0.2) is 0 Å². The Kier molecular flexibility index (Phi) is 5.88. The Hall–Kier alpha value is -3.42. The van der Waals surface area contributed by atoms with Gasteiger partial charge in [-0.05, 0) is 63.9 Å². The zero-order valence-electron chi connectivity index (χ0n) is 18.5. The summed E-state index contributed by atoms with van der Waals surface area (Å²) in [6.07, 6.45) is 5.51. The van der Waals surface area contributed by atoms with E-state index in [1.54, 1.807) is 13.2 Å². The average Bonchev–Trinajstić information content (AvgIpc) is 3.41. The third kappa shape index (κ3) is 4.23. The van der Waals surface area contributed by atoms with E-state index in [2.05, 4.69) is 43.9 Å². The molecule has 162 valence electrons. The van der Waals surface area contributed by atoms with Gasteiger partial charge in [0.25, 0.3) is 0 Å². The van der Waals surface area contributed by atoms with Crippen LogP contribution in [-0.4, -0.2) is 45.1 Å². The first-order chi connectivity index (χ1) is 15.0. The van der Waals surface area contributed by atoms with Crippen LogP contribution in [0.2, 0.25) is 0 Å². The first-order valence-electron chi connectivity index (χ1n) is 10.7. The van der Waals surface area contributed by atoms with Crippen LogP contribution in [0.5, 0.6) is 0 Å². The zero-order valence-corrected chi connectivity index (χ0v) is 18.5. The minimum atomic E-state index is -0.0990. The summed E-state index contributed by atoms with van der Waals surface area (Å²) in [5, 5.41) is 6.05. The van der Waals surface area contributed by atoms with Gasteiger partial charge in [0, 0.05) is 37.2 Å². The number of benzene rings is 1. The van der Waals surface area contributed by atoms with Gasteiger partial charge in [0.1, 0.15) is 11.9 Å². The lowest BCUT2D eigenvalue weighted by atomic mass is 10.2. The molecule has 1 amide bonds. The molecule has 8 nitrogen and oxygen atoms in total. The van der Waals surface area contributed by atoms with Crippen molar-refractivity contribution in [1.82, 2.24) is 24.8 Å². The molecule has 1 atom stereocenters. The Labute approximate surface area is 182 Å². The maximum Gasteiger partial charge on any atom is 0.242 e. The van der Waals surface area contributed by atoms with E-state index in [1.807, 2.05) is 43.5 Å². The van der Waals surface area contributed by atoms with Crippen LogP contribution in [-0.2, 0) is 4.79 Å². The molecule has 1 aromatic carbocycles. The average molecular weight is 420 g/mol. The fourth-order valence-corrected chi connectivity index (χ4v) is 4.24. The van der Waals surface area contributed by atoms with Gasteiger partial charge in [-0.1, -0.05) is 0 Å². The molecule has 1 saturated heterocycles. The lowest BCUT2D eigenvalue weighted by Crippen LogP contribution is -2.41. The normalized spacial score (nSPS) is 16.0. The van der Waals surface area contributed by atoms with E-state index < -0.39 is 0 Å². The predicted octanol–water partition coefficient (Wildman–Crippen LogP) is 3.69. The largest absolute Gasteiger partial charge is 0.360 e. The minimum absolute atomic E-state index is 0.0702. The van der Waals surface area contributed by atoms with E-state index in [0.717, 1.165) is 48.0 Å². The molecule has 31 heavy (non-hydrogen) atoms. The topological polar surface area (TPSA) is 88.0 Å². The van der Waals surface area contributed by atoms with Gasteiger partial charge in [-0.25, -0.2) is 15.0 Å². The van der Waals surface area contributed by atoms with Crippen molar-refractivity contribution >= 4 is 23.2 Å². The van der Waals surface area contributed by atoms with Gasteiger partial charge >= 0.3 is 0 Å². The van der Waals surface area contributed by atoms with Gasteiger partial charge < -0.3 is 20.1 Å². The van der Waals surface area contributed by atoms with Crippen molar-refractivity contribution in [2.24, 2.45) is 0 Å². The van der Waals surface area contributed by atoms with Crippen LogP contribution < -0.4 is 15.5 Å². The van der Waals surface area contributed by atoms with E-state index in [0.29, 0.717) is 12.0 Å². The van der Waals surface area contributed by atoms with Crippen LogP contribution in [0.15, 0.2) is 42.7 Å². The third-order valence-electron chi connectivity index (χ3n) is 5.67. The fraction of sp³-hybridized carbons (Fsp3) is 0.391. The molecule has 1 fully saturated rings. The van der Waals surface area contributed by atoms with Crippen LogP contribution >= 0.6 is 0 Å². The van der Waals surface area contributed by atoms with Crippen LogP contribution in [0.1, 0.15) is 38.6 Å². The van der Waals surface area contributed by atoms with Crippen molar-refractivity contribution in [1.29, 1.82) is 0 Å². The van der Waals surface area contributed by atoms with Gasteiger partial charge in [-0.3, -0.25) is 4.79 Å². The van der Waals surface area contributed by atoms with Crippen molar-refractivity contribution in [3.8, 4) is 11.4 Å². The summed E-state index contributed by atoms with van der Waals surface area (Å²) >= 11 is 0. The number of nitrogens with one attached hydrogen (secondary N) is 2. The van der Waals surface area contributed by atoms with Crippen molar-refractivity contribution in [2.45, 2.75) is 45.7 Å². The van der Waals surface area contributed by atoms with Crippen LogP contribution in [0, 0.1) is 6.92 Å². The number of likely N-dealkylation sites (N-methyl/N-ethyl adjacent to an activating group) is 1. The number of hydrogen-bond donors (Lipinski definition) is 2. The molecule has 2 N–H and O–H groups in total. The van der Waals surface area contributed by atoms with E-state index in [4.69, 9.17) is 4.98 Å². The van der Waals surface area contributed by atoms with Gasteiger partial charge in [0.2, 0.25) is 11.9 Å².